The minimum atomic E-state index is -0.165. The standard InChI is InChI=1S/C30H34Cl2N4O/c1-17-3-5-21(6-4-17)29-18(2)27(35-36(29)26-8-7-24(31)16-25(26)32)30(37)34-10-9-33-28-22-12-19-11-20(14-22)15-23(28)13-19/h3-8,16,19-20,22-23,28,33H,9-15H2,1-2H3,(H,34,37). The van der Waals surface area contributed by atoms with Gasteiger partial charge >= 0.3 is 0 Å². The van der Waals surface area contributed by atoms with Crippen molar-refractivity contribution in [1.29, 1.82) is 0 Å². The average Bonchev–Trinajstić information content (AvgIpc) is 3.20. The number of carbonyl (C=O) groups is 1. The van der Waals surface area contributed by atoms with E-state index in [1.54, 1.807) is 16.8 Å². The summed E-state index contributed by atoms with van der Waals surface area (Å²) in [5.74, 6) is 3.42. The monoisotopic (exact) mass is 536 g/mol. The van der Waals surface area contributed by atoms with E-state index >= 15 is 0 Å². The summed E-state index contributed by atoms with van der Waals surface area (Å²) in [7, 11) is 0. The maximum Gasteiger partial charge on any atom is 0.272 e. The SMILES string of the molecule is Cc1ccc(-c2c(C)c(C(=O)NCCNC3C4CC5CC(C4)CC3C5)nn2-c2ccc(Cl)cc2Cl)cc1. The van der Waals surface area contributed by atoms with Crippen LogP contribution in [0.4, 0.5) is 0 Å². The molecule has 7 heteroatoms. The molecular weight excluding hydrogens is 503 g/mol. The van der Waals surface area contributed by atoms with Gasteiger partial charge in [-0.2, -0.15) is 5.10 Å². The highest BCUT2D eigenvalue weighted by Crippen LogP contribution is 2.53. The van der Waals surface area contributed by atoms with Crippen molar-refractivity contribution in [3.63, 3.8) is 0 Å². The van der Waals surface area contributed by atoms with Crippen LogP contribution >= 0.6 is 23.2 Å². The second-order valence-electron chi connectivity index (χ2n) is 11.4. The van der Waals surface area contributed by atoms with Crippen molar-refractivity contribution in [3.8, 4) is 16.9 Å². The van der Waals surface area contributed by atoms with Gasteiger partial charge in [0.2, 0.25) is 0 Å². The van der Waals surface area contributed by atoms with Crippen LogP contribution in [0.5, 0.6) is 0 Å². The van der Waals surface area contributed by atoms with Crippen molar-refractivity contribution in [1.82, 2.24) is 20.4 Å². The van der Waals surface area contributed by atoms with Crippen molar-refractivity contribution in [2.75, 3.05) is 13.1 Å². The number of carbonyl (C=O) groups excluding carboxylic acids is 1. The van der Waals surface area contributed by atoms with Crippen LogP contribution in [-0.4, -0.2) is 34.8 Å². The van der Waals surface area contributed by atoms with E-state index < -0.39 is 0 Å². The molecule has 1 heterocycles. The molecular formula is C30H34Cl2N4O. The molecule has 4 aliphatic rings. The van der Waals surface area contributed by atoms with E-state index in [1.165, 1.54) is 37.7 Å². The number of amides is 1. The Balaban J connectivity index is 1.19. The number of hydrogen-bond donors (Lipinski definition) is 2. The minimum absolute atomic E-state index is 0.165. The Kier molecular flexibility index (Phi) is 6.81. The van der Waals surface area contributed by atoms with Crippen LogP contribution in [0.2, 0.25) is 10.0 Å². The first-order valence-electron chi connectivity index (χ1n) is 13.5. The van der Waals surface area contributed by atoms with Gasteiger partial charge in [0.25, 0.3) is 5.91 Å². The smallest absolute Gasteiger partial charge is 0.272 e. The molecule has 2 aromatic carbocycles. The first kappa shape index (κ1) is 25.0. The number of hydrogen-bond acceptors (Lipinski definition) is 3. The Morgan fingerprint density at radius 1 is 0.946 bits per heavy atom. The summed E-state index contributed by atoms with van der Waals surface area (Å²) in [5, 5.41) is 12.7. The topological polar surface area (TPSA) is 59.0 Å². The van der Waals surface area contributed by atoms with Crippen LogP contribution in [0.25, 0.3) is 16.9 Å². The van der Waals surface area contributed by atoms with Gasteiger partial charge in [0.05, 0.1) is 16.4 Å². The Labute approximate surface area is 228 Å². The zero-order chi connectivity index (χ0) is 25.7. The normalized spacial score (nSPS) is 26.0. The molecule has 0 unspecified atom stereocenters. The van der Waals surface area contributed by atoms with Gasteiger partial charge in [0.15, 0.2) is 5.69 Å². The lowest BCUT2D eigenvalue weighted by Crippen LogP contribution is -2.55. The van der Waals surface area contributed by atoms with Gasteiger partial charge in [-0.05, 0) is 87.8 Å². The van der Waals surface area contributed by atoms with E-state index in [0.717, 1.165) is 47.0 Å². The van der Waals surface area contributed by atoms with E-state index in [1.807, 2.05) is 13.0 Å². The van der Waals surface area contributed by atoms with Gasteiger partial charge in [-0.15, -0.1) is 0 Å². The van der Waals surface area contributed by atoms with Gasteiger partial charge in [0.1, 0.15) is 0 Å². The molecule has 194 valence electrons. The lowest BCUT2D eigenvalue weighted by Gasteiger charge is -2.54. The summed E-state index contributed by atoms with van der Waals surface area (Å²) in [4.78, 5) is 13.3. The number of aromatic nitrogens is 2. The molecule has 4 aliphatic carbocycles. The number of nitrogens with one attached hydrogen (secondary N) is 2. The summed E-state index contributed by atoms with van der Waals surface area (Å²) >= 11 is 12.7. The molecule has 4 saturated carbocycles. The molecule has 7 rings (SSSR count). The molecule has 0 aliphatic heterocycles. The fourth-order valence-electron chi connectivity index (χ4n) is 7.35. The van der Waals surface area contributed by atoms with Crippen LogP contribution in [0.1, 0.15) is 53.7 Å². The summed E-state index contributed by atoms with van der Waals surface area (Å²) in [5.41, 5.74) is 4.91. The third-order valence-corrected chi connectivity index (χ3v) is 9.36. The molecule has 0 radical (unpaired) electrons. The predicted molar refractivity (Wildman–Crippen MR) is 150 cm³/mol. The number of rotatable bonds is 7. The summed E-state index contributed by atoms with van der Waals surface area (Å²) in [6.07, 6.45) is 7.03. The second-order valence-corrected chi connectivity index (χ2v) is 12.2. The molecule has 0 atom stereocenters. The van der Waals surface area contributed by atoms with Crippen molar-refractivity contribution < 1.29 is 4.79 Å². The first-order chi connectivity index (χ1) is 17.9. The lowest BCUT2D eigenvalue weighted by atomic mass is 9.54. The largest absolute Gasteiger partial charge is 0.349 e. The second kappa shape index (κ2) is 10.1. The summed E-state index contributed by atoms with van der Waals surface area (Å²) in [6.45, 7) is 5.37. The fourth-order valence-corrected chi connectivity index (χ4v) is 7.83. The van der Waals surface area contributed by atoms with Gasteiger partial charge in [-0.25, -0.2) is 4.68 Å². The molecule has 0 saturated heterocycles. The summed E-state index contributed by atoms with van der Waals surface area (Å²) < 4.78 is 1.76. The molecule has 3 aromatic rings. The molecule has 5 nitrogen and oxygen atoms in total. The van der Waals surface area contributed by atoms with E-state index in [0.29, 0.717) is 34.0 Å². The molecule has 1 amide bonds. The fraction of sp³-hybridized carbons (Fsp3) is 0.467. The van der Waals surface area contributed by atoms with Crippen molar-refractivity contribution in [2.24, 2.45) is 23.7 Å². The van der Waals surface area contributed by atoms with Crippen LogP contribution in [-0.2, 0) is 0 Å². The molecule has 37 heavy (non-hydrogen) atoms. The van der Waals surface area contributed by atoms with E-state index in [4.69, 9.17) is 28.3 Å². The highest BCUT2D eigenvalue weighted by atomic mass is 35.5. The highest BCUT2D eigenvalue weighted by Gasteiger charge is 2.47. The maximum atomic E-state index is 13.3. The van der Waals surface area contributed by atoms with E-state index in [9.17, 15) is 4.79 Å². The number of nitrogens with zero attached hydrogens (tertiary/aromatic N) is 2. The molecule has 0 spiro atoms. The average molecular weight is 538 g/mol. The quantitative estimate of drug-likeness (QED) is 0.334. The molecule has 4 bridgehead atoms. The minimum Gasteiger partial charge on any atom is -0.349 e. The summed E-state index contributed by atoms with van der Waals surface area (Å²) in [6, 6.07) is 14.2. The van der Waals surface area contributed by atoms with Crippen LogP contribution < -0.4 is 10.6 Å². The lowest BCUT2D eigenvalue weighted by molar-refractivity contribution is -0.0133. The zero-order valence-corrected chi connectivity index (χ0v) is 22.9. The number of halogens is 2. The number of benzene rings is 2. The molecule has 1 aromatic heterocycles. The first-order valence-corrected chi connectivity index (χ1v) is 14.3. The Morgan fingerprint density at radius 3 is 2.27 bits per heavy atom. The molecule has 4 fully saturated rings. The Bertz CT molecular complexity index is 1290. The third kappa shape index (κ3) is 4.82. The Morgan fingerprint density at radius 2 is 1.62 bits per heavy atom. The van der Waals surface area contributed by atoms with Gasteiger partial charge in [-0.1, -0.05) is 53.0 Å². The van der Waals surface area contributed by atoms with Crippen LogP contribution in [0.15, 0.2) is 42.5 Å². The van der Waals surface area contributed by atoms with Crippen molar-refractivity contribution >= 4 is 29.1 Å². The van der Waals surface area contributed by atoms with E-state index in [-0.39, 0.29) is 5.91 Å². The molecule has 2 N–H and O–H groups in total. The van der Waals surface area contributed by atoms with E-state index in [2.05, 4.69) is 41.8 Å². The zero-order valence-electron chi connectivity index (χ0n) is 21.4. The third-order valence-electron chi connectivity index (χ3n) is 8.82. The van der Waals surface area contributed by atoms with Gasteiger partial charge < -0.3 is 10.6 Å². The maximum absolute atomic E-state index is 13.3. The van der Waals surface area contributed by atoms with Crippen LogP contribution in [0.3, 0.4) is 0 Å². The highest BCUT2D eigenvalue weighted by molar-refractivity contribution is 6.35. The Hall–Kier alpha value is -2.34. The van der Waals surface area contributed by atoms with Gasteiger partial charge in [0, 0.05) is 35.3 Å². The van der Waals surface area contributed by atoms with Crippen LogP contribution in [0, 0.1) is 37.5 Å². The predicted octanol–water partition coefficient (Wildman–Crippen LogP) is 6.61. The number of aryl methyl sites for hydroxylation is 1. The van der Waals surface area contributed by atoms with Crippen molar-refractivity contribution in [2.45, 2.75) is 52.0 Å². The van der Waals surface area contributed by atoms with Gasteiger partial charge in [-0.3, -0.25) is 4.79 Å². The van der Waals surface area contributed by atoms with Crippen molar-refractivity contribution in [3.05, 3.63) is 69.3 Å².